The third-order valence-electron chi connectivity index (χ3n) is 3.94. The molecule has 0 atom stereocenters. The Kier molecular flexibility index (Phi) is 5.46. The average molecular weight is 415 g/mol. The summed E-state index contributed by atoms with van der Waals surface area (Å²) in [4.78, 5) is 23.6. The molecule has 1 aromatic heterocycles. The Labute approximate surface area is 175 Å². The van der Waals surface area contributed by atoms with Crippen LogP contribution in [-0.2, 0) is 10.4 Å². The van der Waals surface area contributed by atoms with Crippen LogP contribution in [0.5, 0.6) is 11.7 Å². The van der Waals surface area contributed by atoms with Gasteiger partial charge < -0.3 is 0 Å². The fourth-order valence-electron chi connectivity index (χ4n) is 2.64. The van der Waals surface area contributed by atoms with E-state index in [-0.39, 0.29) is 27.8 Å². The van der Waals surface area contributed by atoms with Gasteiger partial charge in [0.1, 0.15) is 0 Å². The van der Waals surface area contributed by atoms with Gasteiger partial charge in [-0.05, 0) is 0 Å². The fourth-order valence-corrected chi connectivity index (χ4v) is 3.45. The number of methoxy groups -OCH3 is 1. The van der Waals surface area contributed by atoms with E-state index < -0.39 is 26.7 Å². The number of nitrogens with zero attached hydrogens (tertiary/aromatic N) is 1. The molecule has 140 valence electrons. The Bertz CT molecular complexity index is 1270. The first-order valence-electron chi connectivity index (χ1n) is 7.68. The topological polar surface area (TPSA) is 146 Å². The van der Waals surface area contributed by atoms with Crippen LogP contribution in [-0.4, -0.2) is 52.9 Å². The molecule has 0 radical (unpaired) electrons. The molecule has 2 aromatic carbocycles. The van der Waals surface area contributed by atoms with E-state index in [1.54, 1.807) is 0 Å². The molecule has 0 amide bonds. The number of nitro groups is 1. The third kappa shape index (κ3) is 4.03. The summed E-state index contributed by atoms with van der Waals surface area (Å²) in [5.41, 5.74) is -1.34. The van der Waals surface area contributed by atoms with E-state index in [1.807, 2.05) is 0 Å². The first-order valence-corrected chi connectivity index (χ1v) is 10.0. The fraction of sp³-hybridized carbons (Fsp3) is 0.0625. The second-order valence-electron chi connectivity index (χ2n) is 5.73. The molecule has 0 spiro atoms. The first kappa shape index (κ1) is 20.3. The molecule has 0 aliphatic heterocycles. The van der Waals surface area contributed by atoms with Gasteiger partial charge in [-0.1, -0.05) is 0 Å². The van der Waals surface area contributed by atoms with E-state index in [4.69, 9.17) is 13.7 Å². The van der Waals surface area contributed by atoms with E-state index in [9.17, 15) is 23.3 Å². The van der Waals surface area contributed by atoms with Crippen LogP contribution in [0.4, 0.5) is 5.69 Å². The molecule has 1 heterocycles. The van der Waals surface area contributed by atoms with Gasteiger partial charge in [0, 0.05) is 0 Å². The van der Waals surface area contributed by atoms with Gasteiger partial charge in [0.05, 0.1) is 0 Å². The molecule has 0 saturated heterocycles. The van der Waals surface area contributed by atoms with Crippen molar-refractivity contribution in [3.8, 4) is 22.8 Å². The van der Waals surface area contributed by atoms with Gasteiger partial charge in [-0.2, -0.15) is 0 Å². The van der Waals surface area contributed by atoms with Gasteiger partial charge in [-0.25, -0.2) is 0 Å². The van der Waals surface area contributed by atoms with E-state index in [2.05, 4.69) is 4.18 Å². The molecule has 3 rings (SSSR count). The van der Waals surface area contributed by atoms with Crippen molar-refractivity contribution < 1.29 is 31.2 Å². The maximum atomic E-state index is 13.0. The minimum absolute atomic E-state index is 0.0106. The van der Waals surface area contributed by atoms with E-state index in [0.717, 1.165) is 6.07 Å². The average Bonchev–Trinajstić information content (AvgIpc) is 2.60. The van der Waals surface area contributed by atoms with Gasteiger partial charge in [0.2, 0.25) is 0 Å². The van der Waals surface area contributed by atoms with Crippen molar-refractivity contribution in [2.24, 2.45) is 0 Å². The van der Waals surface area contributed by atoms with Crippen LogP contribution in [0.2, 0.25) is 0 Å². The molecular weight excluding hydrogens is 405 g/mol. The van der Waals surface area contributed by atoms with Crippen molar-refractivity contribution in [1.29, 1.82) is 0 Å². The van der Waals surface area contributed by atoms with Gasteiger partial charge in [0.15, 0.2) is 0 Å². The number of hydrogen-bond donors (Lipinski definition) is 1. The molecule has 3 aromatic rings. The van der Waals surface area contributed by atoms with Gasteiger partial charge in [0.25, 0.3) is 0 Å². The molecular formula is C16H10NNaO9S. The second-order valence-corrected chi connectivity index (χ2v) is 7.82. The van der Waals surface area contributed by atoms with E-state index in [1.165, 1.54) is 37.4 Å². The van der Waals surface area contributed by atoms with Crippen LogP contribution in [0, 0.1) is 10.1 Å². The molecule has 12 heteroatoms. The van der Waals surface area contributed by atoms with Crippen LogP contribution in [0.15, 0.2) is 45.6 Å². The zero-order valence-electron chi connectivity index (χ0n) is 14.5. The molecule has 1 N–H and O–H groups in total. The van der Waals surface area contributed by atoms with Crippen LogP contribution in [0.3, 0.4) is 0 Å². The molecule has 0 unspecified atom stereocenters. The minimum atomic E-state index is -5.03. The van der Waals surface area contributed by atoms with Crippen molar-refractivity contribution in [3.63, 3.8) is 0 Å². The Morgan fingerprint density at radius 3 is 2.54 bits per heavy atom. The van der Waals surface area contributed by atoms with Crippen molar-refractivity contribution >= 4 is 57.8 Å². The predicted molar refractivity (Wildman–Crippen MR) is 98.7 cm³/mol. The Morgan fingerprint density at radius 2 is 1.93 bits per heavy atom. The molecule has 0 aliphatic carbocycles. The quantitative estimate of drug-likeness (QED) is 0.282. The van der Waals surface area contributed by atoms with Crippen LogP contribution >= 0.6 is 0 Å². The number of fused-ring (bicyclic) bond motifs is 1. The Morgan fingerprint density at radius 1 is 1.21 bits per heavy atom. The van der Waals surface area contributed by atoms with Crippen LogP contribution in [0.25, 0.3) is 22.1 Å². The summed E-state index contributed by atoms with van der Waals surface area (Å²) in [7, 11) is -3.65. The molecule has 0 fully saturated rings. The zero-order chi connectivity index (χ0) is 20.6. The normalized spacial score (nSPS) is 11.4. The number of benzene rings is 2. The van der Waals surface area contributed by atoms with Crippen LogP contribution < -0.4 is 17.2 Å². The molecule has 0 aliphatic rings. The van der Waals surface area contributed by atoms with Gasteiger partial charge in [-0.3, -0.25) is 0 Å². The second kappa shape index (κ2) is 7.53. The monoisotopic (exact) mass is 415 g/mol. The van der Waals surface area contributed by atoms with Crippen molar-refractivity contribution in [1.82, 2.24) is 0 Å². The Balaban J connectivity index is 2.38. The molecule has 28 heavy (non-hydrogen) atoms. The summed E-state index contributed by atoms with van der Waals surface area (Å²) in [6.45, 7) is 0. The van der Waals surface area contributed by atoms with Crippen molar-refractivity contribution in [2.75, 3.05) is 7.11 Å². The summed E-state index contributed by atoms with van der Waals surface area (Å²) in [6.07, 6.45) is 0. The van der Waals surface area contributed by atoms with Gasteiger partial charge >= 0.3 is 176 Å². The van der Waals surface area contributed by atoms with E-state index in [0.29, 0.717) is 36.5 Å². The number of hydrogen-bond acceptors (Lipinski definition) is 8. The number of ether oxygens (including phenoxy) is 1. The molecule has 0 bridgehead atoms. The SMILES string of the molecule is COc1ccc2c(=O)c(-c3cc[c]([Na])c([N+](=O)[O-])c3)c(OS(=O)(=O)O)oc2c1. The number of rotatable bonds is 5. The third-order valence-corrected chi connectivity index (χ3v) is 5.15. The Hall–Kier alpha value is -2.44. The molecule has 10 nitrogen and oxygen atoms in total. The summed E-state index contributed by atoms with van der Waals surface area (Å²) < 4.78 is 46.8. The summed E-state index contributed by atoms with van der Waals surface area (Å²) >= 11 is 0.385. The van der Waals surface area contributed by atoms with Crippen molar-refractivity contribution in [2.45, 2.75) is 0 Å². The zero-order valence-corrected chi connectivity index (χ0v) is 17.3. The summed E-state index contributed by atoms with van der Waals surface area (Å²) in [6, 6.07) is 8.22. The maximum absolute atomic E-state index is 13.0. The predicted octanol–water partition coefficient (Wildman–Crippen LogP) is 1.35. The summed E-state index contributed by atoms with van der Waals surface area (Å²) in [5, 5.41) is 11.3. The summed E-state index contributed by atoms with van der Waals surface area (Å²) in [5.74, 6) is -0.485. The standard InChI is InChI=1S/C16H10NO9S.Na/c1-24-11-5-6-12-13(8-11)25-16(26-27(21,22)23)14(15(12)18)9-3-2-4-10(7-9)17(19)20;/h2-3,5-8H,1H3,(H,21,22,23);. The van der Waals surface area contributed by atoms with Crippen molar-refractivity contribution in [3.05, 3.63) is 56.7 Å². The van der Waals surface area contributed by atoms with Crippen LogP contribution in [0.1, 0.15) is 0 Å². The number of nitro benzene ring substituents is 1. The van der Waals surface area contributed by atoms with E-state index >= 15 is 0 Å². The molecule has 0 saturated carbocycles. The van der Waals surface area contributed by atoms with Gasteiger partial charge in [-0.15, -0.1) is 0 Å². The first-order chi connectivity index (χ1) is 13.1.